The minimum absolute atomic E-state index is 0.0407. The van der Waals surface area contributed by atoms with Gasteiger partial charge in [0.1, 0.15) is 17.2 Å². The van der Waals surface area contributed by atoms with Crippen molar-refractivity contribution in [1.29, 1.82) is 0 Å². The minimum atomic E-state index is -0.587. The number of amides is 1. The molecule has 28 heavy (non-hydrogen) atoms. The summed E-state index contributed by atoms with van der Waals surface area (Å²) in [6.07, 6.45) is 1.44. The van der Waals surface area contributed by atoms with Crippen molar-refractivity contribution in [2.45, 2.75) is 38.7 Å². The molecule has 0 atom stereocenters. The van der Waals surface area contributed by atoms with Gasteiger partial charge in [-0.05, 0) is 55.3 Å². The number of ether oxygens (including phenoxy) is 1. The number of hydrogen-bond acceptors (Lipinski definition) is 3. The first-order chi connectivity index (χ1) is 13.3. The lowest BCUT2D eigenvalue weighted by atomic mass is 9.81. The Morgan fingerprint density at radius 1 is 1.18 bits per heavy atom. The average molecular weight is 402 g/mol. The van der Waals surface area contributed by atoms with E-state index in [1.165, 1.54) is 24.3 Å². The molecule has 0 bridgehead atoms. The maximum absolute atomic E-state index is 13.1. The molecule has 0 aliphatic carbocycles. The van der Waals surface area contributed by atoms with Crippen molar-refractivity contribution >= 4 is 23.3 Å². The highest BCUT2D eigenvalue weighted by Gasteiger charge is 2.44. The van der Waals surface area contributed by atoms with Crippen LogP contribution >= 0.6 is 11.6 Å². The molecule has 146 valence electrons. The lowest BCUT2D eigenvalue weighted by Gasteiger charge is -2.44. The van der Waals surface area contributed by atoms with Gasteiger partial charge in [-0.25, -0.2) is 4.39 Å². The number of hydrogen-bond donors (Lipinski definition) is 0. The van der Waals surface area contributed by atoms with Crippen LogP contribution in [0.4, 0.5) is 4.39 Å². The standard InChI is InChI=1S/C22H21ClFNO3/c1-13-11-18-19(14(2)20(13)23)17(26)12-22(28-18)7-9-25(10-8-22)21(27)15-3-5-16(24)6-4-15/h3-6,11H,7-10,12H2,1-2H3. The van der Waals surface area contributed by atoms with E-state index in [-0.39, 0.29) is 17.5 Å². The lowest BCUT2D eigenvalue weighted by molar-refractivity contribution is -0.00580. The molecule has 0 radical (unpaired) electrons. The summed E-state index contributed by atoms with van der Waals surface area (Å²) in [4.78, 5) is 27.2. The molecule has 0 unspecified atom stereocenters. The van der Waals surface area contributed by atoms with Gasteiger partial charge in [0, 0.05) is 36.5 Å². The number of carbonyl (C=O) groups is 2. The Bertz CT molecular complexity index is 963. The Labute approximate surface area is 168 Å². The number of rotatable bonds is 1. The third kappa shape index (κ3) is 3.18. The summed E-state index contributed by atoms with van der Waals surface area (Å²) < 4.78 is 19.4. The fraction of sp³-hybridized carbons (Fsp3) is 0.364. The maximum Gasteiger partial charge on any atom is 0.253 e. The third-order valence-corrected chi connectivity index (χ3v) is 6.37. The summed E-state index contributed by atoms with van der Waals surface area (Å²) in [6.45, 7) is 4.72. The highest BCUT2D eigenvalue weighted by Crippen LogP contribution is 2.43. The van der Waals surface area contributed by atoms with Crippen LogP contribution in [0.5, 0.6) is 5.75 Å². The number of aryl methyl sites for hydroxylation is 1. The van der Waals surface area contributed by atoms with Crippen LogP contribution in [0.25, 0.3) is 0 Å². The molecule has 0 N–H and O–H groups in total. The molecule has 1 spiro atoms. The number of nitrogens with zero attached hydrogens (tertiary/aromatic N) is 1. The number of Topliss-reactive ketones (excluding diaryl/α,β-unsaturated/α-hetero) is 1. The van der Waals surface area contributed by atoms with Crippen LogP contribution in [0, 0.1) is 19.7 Å². The second kappa shape index (κ2) is 6.89. The molecular formula is C22H21ClFNO3. The molecule has 1 amide bonds. The van der Waals surface area contributed by atoms with Crippen LogP contribution in [-0.4, -0.2) is 35.3 Å². The zero-order valence-corrected chi connectivity index (χ0v) is 16.6. The smallest absolute Gasteiger partial charge is 0.253 e. The minimum Gasteiger partial charge on any atom is -0.486 e. The van der Waals surface area contributed by atoms with Gasteiger partial charge in [0.2, 0.25) is 0 Å². The maximum atomic E-state index is 13.1. The van der Waals surface area contributed by atoms with E-state index in [4.69, 9.17) is 16.3 Å². The third-order valence-electron chi connectivity index (χ3n) is 5.79. The number of carbonyl (C=O) groups excluding carboxylic acids is 2. The van der Waals surface area contributed by atoms with Crippen LogP contribution in [0.3, 0.4) is 0 Å². The van der Waals surface area contributed by atoms with Crippen molar-refractivity contribution in [2.24, 2.45) is 0 Å². The molecule has 2 heterocycles. The Kier molecular flexibility index (Phi) is 4.66. The number of fused-ring (bicyclic) bond motifs is 1. The molecule has 0 aromatic heterocycles. The largest absolute Gasteiger partial charge is 0.486 e. The van der Waals surface area contributed by atoms with E-state index in [1.807, 2.05) is 19.9 Å². The second-order valence-corrected chi connectivity index (χ2v) is 8.07. The van der Waals surface area contributed by atoms with E-state index in [0.29, 0.717) is 54.3 Å². The first kappa shape index (κ1) is 18.9. The molecular weight excluding hydrogens is 381 g/mol. The molecule has 4 nitrogen and oxygen atoms in total. The zero-order chi connectivity index (χ0) is 20.1. The normalized spacial score (nSPS) is 18.0. The molecule has 1 fully saturated rings. The van der Waals surface area contributed by atoms with Crippen LogP contribution in [0.15, 0.2) is 30.3 Å². The summed E-state index contributed by atoms with van der Waals surface area (Å²) in [5.74, 6) is 0.136. The Morgan fingerprint density at radius 3 is 2.46 bits per heavy atom. The Morgan fingerprint density at radius 2 is 1.82 bits per heavy atom. The molecule has 2 aliphatic rings. The van der Waals surface area contributed by atoms with E-state index >= 15 is 0 Å². The summed E-state index contributed by atoms with van der Waals surface area (Å²) in [7, 11) is 0. The fourth-order valence-electron chi connectivity index (χ4n) is 4.17. The van der Waals surface area contributed by atoms with Gasteiger partial charge >= 0.3 is 0 Å². The van der Waals surface area contributed by atoms with Gasteiger partial charge in [-0.1, -0.05) is 11.6 Å². The molecule has 0 saturated carbocycles. The van der Waals surface area contributed by atoms with Crippen LogP contribution in [0.2, 0.25) is 5.02 Å². The Hall–Kier alpha value is -2.40. The molecule has 2 aromatic rings. The summed E-state index contributed by atoms with van der Waals surface area (Å²) >= 11 is 6.30. The van der Waals surface area contributed by atoms with Gasteiger partial charge in [0.15, 0.2) is 5.78 Å². The Balaban J connectivity index is 1.52. The van der Waals surface area contributed by atoms with Gasteiger partial charge in [0.05, 0.1) is 12.0 Å². The highest BCUT2D eigenvalue weighted by atomic mass is 35.5. The second-order valence-electron chi connectivity index (χ2n) is 7.69. The van der Waals surface area contributed by atoms with E-state index in [0.717, 1.165) is 11.1 Å². The number of ketones is 1. The number of likely N-dealkylation sites (tertiary alicyclic amines) is 1. The van der Waals surface area contributed by atoms with E-state index < -0.39 is 5.60 Å². The predicted octanol–water partition coefficient (Wildman–Crippen LogP) is 4.74. The average Bonchev–Trinajstić information content (AvgIpc) is 2.66. The topological polar surface area (TPSA) is 46.6 Å². The molecule has 2 aliphatic heterocycles. The van der Waals surface area contributed by atoms with Gasteiger partial charge in [-0.3, -0.25) is 9.59 Å². The predicted molar refractivity (Wildman–Crippen MR) is 105 cm³/mol. The van der Waals surface area contributed by atoms with Crippen LogP contribution < -0.4 is 4.74 Å². The van der Waals surface area contributed by atoms with Gasteiger partial charge in [-0.15, -0.1) is 0 Å². The van der Waals surface area contributed by atoms with Crippen molar-refractivity contribution in [1.82, 2.24) is 4.90 Å². The quantitative estimate of drug-likeness (QED) is 0.693. The monoisotopic (exact) mass is 401 g/mol. The van der Waals surface area contributed by atoms with Crippen molar-refractivity contribution in [2.75, 3.05) is 13.1 Å². The first-order valence-electron chi connectivity index (χ1n) is 9.36. The van der Waals surface area contributed by atoms with Crippen molar-refractivity contribution < 1.29 is 18.7 Å². The van der Waals surface area contributed by atoms with Crippen molar-refractivity contribution in [3.8, 4) is 5.75 Å². The summed E-state index contributed by atoms with van der Waals surface area (Å²) in [5.41, 5.74) is 2.10. The number of piperidine rings is 1. The fourth-order valence-corrected chi connectivity index (χ4v) is 4.32. The van der Waals surface area contributed by atoms with Crippen molar-refractivity contribution in [3.63, 3.8) is 0 Å². The number of halogens is 2. The molecule has 2 aromatic carbocycles. The van der Waals surface area contributed by atoms with E-state index in [1.54, 1.807) is 4.90 Å². The molecule has 6 heteroatoms. The van der Waals surface area contributed by atoms with Gasteiger partial charge in [0.25, 0.3) is 5.91 Å². The van der Waals surface area contributed by atoms with E-state index in [9.17, 15) is 14.0 Å². The van der Waals surface area contributed by atoms with Crippen LogP contribution in [0.1, 0.15) is 51.1 Å². The first-order valence-corrected chi connectivity index (χ1v) is 9.74. The SMILES string of the molecule is Cc1cc2c(c(C)c1Cl)C(=O)CC1(CCN(C(=O)c3ccc(F)cc3)CC1)O2. The molecule has 1 saturated heterocycles. The molecule has 4 rings (SSSR count). The number of benzene rings is 2. The lowest BCUT2D eigenvalue weighted by Crippen LogP contribution is -2.52. The summed E-state index contributed by atoms with van der Waals surface area (Å²) in [5, 5.41) is 0.603. The zero-order valence-electron chi connectivity index (χ0n) is 15.9. The van der Waals surface area contributed by atoms with Crippen LogP contribution in [-0.2, 0) is 0 Å². The summed E-state index contributed by atoms with van der Waals surface area (Å²) in [6, 6.07) is 7.39. The van der Waals surface area contributed by atoms with Gasteiger partial charge in [-0.2, -0.15) is 0 Å². The van der Waals surface area contributed by atoms with E-state index in [2.05, 4.69) is 0 Å². The van der Waals surface area contributed by atoms with Crippen molar-refractivity contribution in [3.05, 3.63) is 63.4 Å². The van der Waals surface area contributed by atoms with Gasteiger partial charge < -0.3 is 9.64 Å². The highest BCUT2D eigenvalue weighted by molar-refractivity contribution is 6.32.